The molecule has 2 amide bonds. The van der Waals surface area contributed by atoms with Gasteiger partial charge in [-0.3, -0.25) is 9.59 Å². The molecule has 1 saturated carbocycles. The number of carbonyl (C=O) groups excluding carboxylic acids is 2. The molecular weight excluding hydrogens is 445 g/mol. The molecule has 0 bridgehead atoms. The number of benzene rings is 1. The maximum atomic E-state index is 12.8. The highest BCUT2D eigenvalue weighted by atomic mass is 35.5. The summed E-state index contributed by atoms with van der Waals surface area (Å²) in [7, 11) is 0. The zero-order valence-electron chi connectivity index (χ0n) is 17.1. The Morgan fingerprint density at radius 3 is 2.41 bits per heavy atom. The number of aromatic nitrogens is 1. The van der Waals surface area contributed by atoms with Gasteiger partial charge in [0.2, 0.25) is 5.91 Å². The van der Waals surface area contributed by atoms with Gasteiger partial charge < -0.3 is 15.5 Å². The van der Waals surface area contributed by atoms with Gasteiger partial charge in [-0.2, -0.15) is 13.2 Å². The van der Waals surface area contributed by atoms with E-state index in [9.17, 15) is 22.8 Å². The van der Waals surface area contributed by atoms with E-state index in [2.05, 4.69) is 15.6 Å². The highest BCUT2D eigenvalue weighted by Gasteiger charge is 2.33. The van der Waals surface area contributed by atoms with Crippen molar-refractivity contribution >= 4 is 34.9 Å². The van der Waals surface area contributed by atoms with Gasteiger partial charge in [-0.15, -0.1) is 0 Å². The normalized spacial score (nSPS) is 17.2. The minimum Gasteiger partial charge on any atom is -0.355 e. The Bertz CT molecular complexity index is 1020. The second kappa shape index (κ2) is 8.97. The number of nitrogens with zero attached hydrogens (tertiary/aromatic N) is 2. The molecule has 10 heteroatoms. The molecule has 6 nitrogen and oxygen atoms in total. The Balaban J connectivity index is 1.37. The molecule has 2 fully saturated rings. The van der Waals surface area contributed by atoms with Crippen LogP contribution in [0.1, 0.15) is 41.6 Å². The third kappa shape index (κ3) is 5.15. The summed E-state index contributed by atoms with van der Waals surface area (Å²) in [6.07, 6.45) is -0.828. The van der Waals surface area contributed by atoms with Crippen molar-refractivity contribution in [2.45, 2.75) is 37.9 Å². The van der Waals surface area contributed by atoms with Gasteiger partial charge in [0.1, 0.15) is 5.82 Å². The second-order valence-corrected chi connectivity index (χ2v) is 8.48. The molecular formula is C22H22ClF3N4O2. The summed E-state index contributed by atoms with van der Waals surface area (Å²) in [5.41, 5.74) is -0.0126. The molecule has 170 valence electrons. The number of pyridine rings is 1. The van der Waals surface area contributed by atoms with Crippen LogP contribution >= 0.6 is 11.6 Å². The van der Waals surface area contributed by atoms with Crippen LogP contribution in [0, 0.1) is 5.92 Å². The van der Waals surface area contributed by atoms with Crippen LogP contribution in [0.3, 0.4) is 0 Å². The summed E-state index contributed by atoms with van der Waals surface area (Å²) < 4.78 is 38.5. The average molecular weight is 467 g/mol. The van der Waals surface area contributed by atoms with Gasteiger partial charge in [-0.05, 0) is 43.9 Å². The number of halogens is 4. The minimum atomic E-state index is -4.51. The van der Waals surface area contributed by atoms with Crippen molar-refractivity contribution in [2.75, 3.05) is 23.3 Å². The first-order valence-corrected chi connectivity index (χ1v) is 10.8. The van der Waals surface area contributed by atoms with E-state index in [4.69, 9.17) is 11.6 Å². The maximum absolute atomic E-state index is 12.8. The summed E-state index contributed by atoms with van der Waals surface area (Å²) in [4.78, 5) is 30.9. The van der Waals surface area contributed by atoms with Gasteiger partial charge >= 0.3 is 6.18 Å². The molecule has 1 aliphatic heterocycles. The molecule has 1 saturated heterocycles. The first-order chi connectivity index (χ1) is 15.2. The van der Waals surface area contributed by atoms with Crippen molar-refractivity contribution in [3.63, 3.8) is 0 Å². The Morgan fingerprint density at radius 1 is 1.09 bits per heavy atom. The first kappa shape index (κ1) is 22.4. The lowest BCUT2D eigenvalue weighted by atomic mass is 9.95. The Labute approximate surface area is 188 Å². The number of hydrogen-bond donors (Lipinski definition) is 2. The quantitative estimate of drug-likeness (QED) is 0.680. The number of alkyl halides is 3. The summed E-state index contributed by atoms with van der Waals surface area (Å²) in [6, 6.07) is 7.95. The molecule has 2 heterocycles. The van der Waals surface area contributed by atoms with Crippen molar-refractivity contribution in [2.24, 2.45) is 5.92 Å². The van der Waals surface area contributed by atoms with E-state index in [1.165, 1.54) is 0 Å². The van der Waals surface area contributed by atoms with Crippen molar-refractivity contribution in [3.8, 4) is 0 Å². The number of nitrogens with one attached hydrogen (secondary N) is 2. The predicted octanol–water partition coefficient (Wildman–Crippen LogP) is 4.50. The fourth-order valence-electron chi connectivity index (χ4n) is 3.69. The van der Waals surface area contributed by atoms with E-state index >= 15 is 0 Å². The summed E-state index contributed by atoms with van der Waals surface area (Å²) in [6.45, 7) is 0.861. The van der Waals surface area contributed by atoms with Gasteiger partial charge in [0.05, 0.1) is 21.8 Å². The molecule has 0 radical (unpaired) electrons. The lowest BCUT2D eigenvalue weighted by Gasteiger charge is -2.32. The molecule has 32 heavy (non-hydrogen) atoms. The SMILES string of the molecule is O=C(NC1CC1)c1ccccc1NC(=O)C1CCN(c2ncc(C(F)(F)F)cc2Cl)CC1. The van der Waals surface area contributed by atoms with Crippen LogP contribution in [0.15, 0.2) is 36.5 Å². The maximum Gasteiger partial charge on any atom is 0.417 e. The van der Waals surface area contributed by atoms with E-state index < -0.39 is 11.7 Å². The number of para-hydroxylation sites is 1. The first-order valence-electron chi connectivity index (χ1n) is 10.4. The van der Waals surface area contributed by atoms with Gasteiger partial charge in [-0.1, -0.05) is 23.7 Å². The zero-order valence-corrected chi connectivity index (χ0v) is 17.8. The molecule has 0 atom stereocenters. The molecule has 0 unspecified atom stereocenters. The smallest absolute Gasteiger partial charge is 0.355 e. The predicted molar refractivity (Wildman–Crippen MR) is 115 cm³/mol. The molecule has 1 aromatic carbocycles. The Hall–Kier alpha value is -2.81. The van der Waals surface area contributed by atoms with Crippen LogP contribution in [-0.4, -0.2) is 35.9 Å². The molecule has 2 N–H and O–H groups in total. The van der Waals surface area contributed by atoms with Crippen molar-refractivity contribution < 1.29 is 22.8 Å². The number of piperidine rings is 1. The molecule has 1 aromatic heterocycles. The fourth-order valence-corrected chi connectivity index (χ4v) is 3.97. The fraction of sp³-hybridized carbons (Fsp3) is 0.409. The number of carbonyl (C=O) groups is 2. The third-order valence-corrected chi connectivity index (χ3v) is 5.93. The van der Waals surface area contributed by atoms with E-state index in [-0.39, 0.29) is 34.6 Å². The van der Waals surface area contributed by atoms with Crippen molar-refractivity contribution in [1.29, 1.82) is 0 Å². The summed E-state index contributed by atoms with van der Waals surface area (Å²) >= 11 is 6.04. The molecule has 1 aliphatic carbocycles. The number of hydrogen-bond acceptors (Lipinski definition) is 4. The van der Waals surface area contributed by atoms with Crippen LogP contribution in [0.5, 0.6) is 0 Å². The van der Waals surface area contributed by atoms with Crippen LogP contribution in [-0.2, 0) is 11.0 Å². The zero-order chi connectivity index (χ0) is 22.9. The van der Waals surface area contributed by atoms with Gasteiger partial charge in [0, 0.05) is 31.2 Å². The highest BCUT2D eigenvalue weighted by molar-refractivity contribution is 6.33. The van der Waals surface area contributed by atoms with Crippen molar-refractivity contribution in [3.05, 3.63) is 52.7 Å². The highest BCUT2D eigenvalue weighted by Crippen LogP contribution is 2.35. The summed E-state index contributed by atoms with van der Waals surface area (Å²) in [5.74, 6) is -0.413. The average Bonchev–Trinajstić information content (AvgIpc) is 3.57. The van der Waals surface area contributed by atoms with Gasteiger partial charge in [0.15, 0.2) is 0 Å². The number of anilines is 2. The van der Waals surface area contributed by atoms with Gasteiger partial charge in [-0.25, -0.2) is 4.98 Å². The number of rotatable bonds is 5. The molecule has 0 spiro atoms. The molecule has 4 rings (SSSR count). The van der Waals surface area contributed by atoms with E-state index in [1.54, 1.807) is 29.2 Å². The van der Waals surface area contributed by atoms with Crippen molar-refractivity contribution in [1.82, 2.24) is 10.3 Å². The number of amides is 2. The third-order valence-electron chi connectivity index (χ3n) is 5.66. The Morgan fingerprint density at radius 2 is 1.78 bits per heavy atom. The van der Waals surface area contributed by atoms with E-state index in [1.807, 2.05) is 0 Å². The Kier molecular flexibility index (Phi) is 6.28. The lowest BCUT2D eigenvalue weighted by molar-refractivity contribution is -0.137. The second-order valence-electron chi connectivity index (χ2n) is 8.07. The van der Waals surface area contributed by atoms with E-state index in [0.29, 0.717) is 37.2 Å². The minimum absolute atomic E-state index is 0.0710. The monoisotopic (exact) mass is 466 g/mol. The standard InChI is InChI=1S/C22H22ClF3N4O2/c23-17-11-14(22(24,25)26)12-27-19(17)30-9-7-13(8-10-30)20(31)29-18-4-2-1-3-16(18)21(32)28-15-5-6-15/h1-4,11-13,15H,5-10H2,(H,28,32)(H,29,31). The molecule has 2 aliphatic rings. The lowest BCUT2D eigenvalue weighted by Crippen LogP contribution is -2.39. The van der Waals surface area contributed by atoms with Crippen LogP contribution in [0.4, 0.5) is 24.7 Å². The molecule has 2 aromatic rings. The largest absolute Gasteiger partial charge is 0.417 e. The van der Waals surface area contributed by atoms with Crippen LogP contribution < -0.4 is 15.5 Å². The summed E-state index contributed by atoms with van der Waals surface area (Å²) in [5, 5.41) is 5.71. The van der Waals surface area contributed by atoms with E-state index in [0.717, 1.165) is 25.1 Å². The van der Waals surface area contributed by atoms with Crippen LogP contribution in [0.2, 0.25) is 5.02 Å². The topological polar surface area (TPSA) is 74.3 Å². The van der Waals surface area contributed by atoms with Gasteiger partial charge in [0.25, 0.3) is 5.91 Å². The van der Waals surface area contributed by atoms with Crippen LogP contribution in [0.25, 0.3) is 0 Å².